The first kappa shape index (κ1) is 17.6. The van der Waals surface area contributed by atoms with Crippen molar-refractivity contribution in [3.63, 3.8) is 0 Å². The van der Waals surface area contributed by atoms with Crippen LogP contribution in [0.3, 0.4) is 0 Å². The number of hydrogen-bond acceptors (Lipinski definition) is 3. The normalized spacial score (nSPS) is 18.0. The predicted octanol–water partition coefficient (Wildman–Crippen LogP) is 2.39. The Hall–Kier alpha value is -2.24. The van der Waals surface area contributed by atoms with E-state index in [-0.39, 0.29) is 24.2 Å². The molecule has 0 radical (unpaired) electrons. The molecule has 1 aliphatic rings. The number of morpholine rings is 1. The third-order valence-corrected chi connectivity index (χ3v) is 4.31. The number of carbonyl (C=O) groups is 1. The predicted molar refractivity (Wildman–Crippen MR) is 94.6 cm³/mol. The highest BCUT2D eigenvalue weighted by Gasteiger charge is 2.21. The highest BCUT2D eigenvalue weighted by Crippen LogP contribution is 2.10. The zero-order chi connectivity index (χ0) is 17.5. The molecule has 0 saturated carbocycles. The van der Waals surface area contributed by atoms with Gasteiger partial charge in [-0.1, -0.05) is 48.5 Å². The number of nitrogens with one attached hydrogen (secondary N) is 1. The molecule has 1 fully saturated rings. The standard InChI is InChI=1S/C20H23FN2O2/c21-19-9-5-4-8-17(19)12-20(24)22-13-18-15-23(10-11-25-18)14-16-6-2-1-3-7-16/h1-9,18H,10-15H2,(H,22,24)/t18-/m1/s1. The zero-order valence-corrected chi connectivity index (χ0v) is 14.2. The van der Waals surface area contributed by atoms with Gasteiger partial charge in [-0.25, -0.2) is 4.39 Å². The van der Waals surface area contributed by atoms with Gasteiger partial charge in [-0.3, -0.25) is 9.69 Å². The molecular weight excluding hydrogens is 319 g/mol. The molecule has 2 aromatic carbocycles. The van der Waals surface area contributed by atoms with Crippen LogP contribution >= 0.6 is 0 Å². The van der Waals surface area contributed by atoms with Crippen molar-refractivity contribution in [3.05, 3.63) is 71.5 Å². The smallest absolute Gasteiger partial charge is 0.224 e. The van der Waals surface area contributed by atoms with Gasteiger partial charge in [-0.05, 0) is 17.2 Å². The molecule has 1 saturated heterocycles. The summed E-state index contributed by atoms with van der Waals surface area (Å²) in [5, 5.41) is 2.86. The highest BCUT2D eigenvalue weighted by molar-refractivity contribution is 5.78. The summed E-state index contributed by atoms with van der Waals surface area (Å²) in [6, 6.07) is 16.7. The fraction of sp³-hybridized carbons (Fsp3) is 0.350. The van der Waals surface area contributed by atoms with Crippen LogP contribution in [-0.2, 0) is 22.5 Å². The Labute approximate surface area is 147 Å². The number of amides is 1. The molecule has 1 aliphatic heterocycles. The van der Waals surface area contributed by atoms with E-state index in [1.165, 1.54) is 11.6 Å². The van der Waals surface area contributed by atoms with E-state index in [1.54, 1.807) is 18.2 Å². The SMILES string of the molecule is O=C(Cc1ccccc1F)NC[C@@H]1CN(Cc2ccccc2)CCO1. The number of carbonyl (C=O) groups excluding carboxylic acids is 1. The van der Waals surface area contributed by atoms with Crippen LogP contribution in [0.15, 0.2) is 54.6 Å². The lowest BCUT2D eigenvalue weighted by Crippen LogP contribution is -2.47. The van der Waals surface area contributed by atoms with Crippen molar-refractivity contribution in [1.82, 2.24) is 10.2 Å². The van der Waals surface area contributed by atoms with Gasteiger partial charge in [0.05, 0.1) is 19.1 Å². The third-order valence-electron chi connectivity index (χ3n) is 4.31. The van der Waals surface area contributed by atoms with Crippen LogP contribution in [-0.4, -0.2) is 43.2 Å². The van der Waals surface area contributed by atoms with Gasteiger partial charge in [0.1, 0.15) is 5.82 Å². The Kier molecular flexibility index (Phi) is 6.14. The zero-order valence-electron chi connectivity index (χ0n) is 14.2. The van der Waals surface area contributed by atoms with Gasteiger partial charge in [-0.2, -0.15) is 0 Å². The second-order valence-electron chi connectivity index (χ2n) is 6.29. The van der Waals surface area contributed by atoms with Crippen LogP contribution in [0.4, 0.5) is 4.39 Å². The lowest BCUT2D eigenvalue weighted by molar-refractivity contribution is -0.121. The molecule has 3 rings (SSSR count). The van der Waals surface area contributed by atoms with Gasteiger partial charge in [0.2, 0.25) is 5.91 Å². The third kappa shape index (κ3) is 5.37. The number of rotatable bonds is 6. The monoisotopic (exact) mass is 342 g/mol. The Balaban J connectivity index is 1.45. The summed E-state index contributed by atoms with van der Waals surface area (Å²) in [5.41, 5.74) is 1.68. The lowest BCUT2D eigenvalue weighted by atomic mass is 10.1. The number of benzene rings is 2. The number of halogens is 1. The molecule has 5 heteroatoms. The molecule has 0 unspecified atom stereocenters. The van der Waals surface area contributed by atoms with E-state index in [0.717, 1.165) is 19.6 Å². The number of hydrogen-bond donors (Lipinski definition) is 1. The van der Waals surface area contributed by atoms with Crippen LogP contribution in [0.2, 0.25) is 0 Å². The molecule has 1 N–H and O–H groups in total. The first-order valence-corrected chi connectivity index (χ1v) is 8.58. The minimum atomic E-state index is -0.347. The summed E-state index contributed by atoms with van der Waals surface area (Å²) in [6.07, 6.45) is 0.00895. The molecule has 1 atom stereocenters. The van der Waals surface area contributed by atoms with E-state index in [0.29, 0.717) is 18.7 Å². The number of nitrogens with zero attached hydrogens (tertiary/aromatic N) is 1. The molecule has 1 heterocycles. The largest absolute Gasteiger partial charge is 0.374 e. The molecule has 132 valence electrons. The van der Waals surface area contributed by atoms with Gasteiger partial charge in [-0.15, -0.1) is 0 Å². The van der Waals surface area contributed by atoms with Crippen LogP contribution in [0.5, 0.6) is 0 Å². The quantitative estimate of drug-likeness (QED) is 0.876. The van der Waals surface area contributed by atoms with Crippen molar-refractivity contribution in [2.75, 3.05) is 26.2 Å². The van der Waals surface area contributed by atoms with Crippen molar-refractivity contribution >= 4 is 5.91 Å². The fourth-order valence-corrected chi connectivity index (χ4v) is 2.99. The summed E-state index contributed by atoms with van der Waals surface area (Å²) in [7, 11) is 0. The van der Waals surface area contributed by atoms with Crippen molar-refractivity contribution in [2.45, 2.75) is 19.1 Å². The summed E-state index contributed by atoms with van der Waals surface area (Å²) in [6.45, 7) is 3.63. The Bertz CT molecular complexity index is 693. The Morgan fingerprint density at radius 3 is 2.72 bits per heavy atom. The van der Waals surface area contributed by atoms with Gasteiger partial charge in [0, 0.05) is 26.2 Å². The van der Waals surface area contributed by atoms with Gasteiger partial charge in [0.15, 0.2) is 0 Å². The van der Waals surface area contributed by atoms with Gasteiger partial charge >= 0.3 is 0 Å². The average Bonchev–Trinajstić information content (AvgIpc) is 2.63. The van der Waals surface area contributed by atoms with Crippen molar-refractivity contribution in [2.24, 2.45) is 0 Å². The van der Waals surface area contributed by atoms with E-state index in [2.05, 4.69) is 22.3 Å². The van der Waals surface area contributed by atoms with Crippen molar-refractivity contribution in [1.29, 1.82) is 0 Å². The van der Waals surface area contributed by atoms with Crippen molar-refractivity contribution < 1.29 is 13.9 Å². The lowest BCUT2D eigenvalue weighted by Gasteiger charge is -2.33. The second kappa shape index (κ2) is 8.74. The molecule has 2 aromatic rings. The summed E-state index contributed by atoms with van der Waals surface area (Å²) in [4.78, 5) is 14.4. The molecule has 0 spiro atoms. The average molecular weight is 342 g/mol. The van der Waals surface area contributed by atoms with Gasteiger partial charge < -0.3 is 10.1 Å². The minimum Gasteiger partial charge on any atom is -0.374 e. The van der Waals surface area contributed by atoms with E-state index in [1.807, 2.05) is 18.2 Å². The van der Waals surface area contributed by atoms with E-state index in [9.17, 15) is 9.18 Å². The van der Waals surface area contributed by atoms with Crippen LogP contribution in [0.25, 0.3) is 0 Å². The van der Waals surface area contributed by atoms with Crippen LogP contribution in [0, 0.1) is 5.82 Å². The van der Waals surface area contributed by atoms with Crippen LogP contribution in [0.1, 0.15) is 11.1 Å². The number of ether oxygens (including phenoxy) is 1. The van der Waals surface area contributed by atoms with E-state index >= 15 is 0 Å². The minimum absolute atomic E-state index is 0.0398. The Morgan fingerprint density at radius 1 is 1.16 bits per heavy atom. The molecule has 25 heavy (non-hydrogen) atoms. The first-order chi connectivity index (χ1) is 12.2. The van der Waals surface area contributed by atoms with Crippen LogP contribution < -0.4 is 5.32 Å². The first-order valence-electron chi connectivity index (χ1n) is 8.58. The molecule has 1 amide bonds. The summed E-state index contributed by atoms with van der Waals surface area (Å²) >= 11 is 0. The van der Waals surface area contributed by atoms with E-state index in [4.69, 9.17) is 4.74 Å². The Morgan fingerprint density at radius 2 is 1.92 bits per heavy atom. The molecule has 4 nitrogen and oxygen atoms in total. The summed E-state index contributed by atoms with van der Waals surface area (Å²) < 4.78 is 19.3. The van der Waals surface area contributed by atoms with E-state index < -0.39 is 0 Å². The maximum Gasteiger partial charge on any atom is 0.224 e. The molecule has 0 aromatic heterocycles. The molecule has 0 bridgehead atoms. The highest BCUT2D eigenvalue weighted by atomic mass is 19.1. The fourth-order valence-electron chi connectivity index (χ4n) is 2.99. The van der Waals surface area contributed by atoms with Crippen molar-refractivity contribution in [3.8, 4) is 0 Å². The maximum absolute atomic E-state index is 13.6. The summed E-state index contributed by atoms with van der Waals surface area (Å²) in [5.74, 6) is -0.533. The second-order valence-corrected chi connectivity index (χ2v) is 6.29. The molecule has 0 aliphatic carbocycles. The molecular formula is C20H23FN2O2. The maximum atomic E-state index is 13.6. The van der Waals surface area contributed by atoms with Gasteiger partial charge in [0.25, 0.3) is 0 Å². The topological polar surface area (TPSA) is 41.6 Å².